The molecule has 132 valence electrons. The standard InChI is InChI=1S/C23H22O3/c1-17-13-22(25-15-19-9-5-3-6-10-19)23(14-21(17)18(2)24)26-16-20-11-7-4-8-12-20/h3-14H,15-16H2,1-2H3. The van der Waals surface area contributed by atoms with Crippen molar-refractivity contribution in [2.75, 3.05) is 0 Å². The third-order valence-corrected chi connectivity index (χ3v) is 4.14. The van der Waals surface area contributed by atoms with Gasteiger partial charge < -0.3 is 9.47 Å². The smallest absolute Gasteiger partial charge is 0.162 e. The molecule has 0 aliphatic heterocycles. The van der Waals surface area contributed by atoms with E-state index < -0.39 is 0 Å². The average molecular weight is 346 g/mol. The first-order chi connectivity index (χ1) is 12.6. The summed E-state index contributed by atoms with van der Waals surface area (Å²) in [5, 5.41) is 0. The van der Waals surface area contributed by atoms with Crippen molar-refractivity contribution in [2.45, 2.75) is 27.1 Å². The molecule has 0 aliphatic rings. The van der Waals surface area contributed by atoms with Crippen LogP contribution >= 0.6 is 0 Å². The van der Waals surface area contributed by atoms with E-state index in [0.29, 0.717) is 30.3 Å². The van der Waals surface area contributed by atoms with Crippen molar-refractivity contribution in [3.8, 4) is 11.5 Å². The minimum absolute atomic E-state index is 0.0154. The lowest BCUT2D eigenvalue weighted by molar-refractivity contribution is 0.101. The van der Waals surface area contributed by atoms with Crippen LogP contribution < -0.4 is 9.47 Å². The Bertz CT molecular complexity index is 871. The van der Waals surface area contributed by atoms with Gasteiger partial charge in [-0.25, -0.2) is 0 Å². The molecule has 0 heterocycles. The quantitative estimate of drug-likeness (QED) is 0.541. The summed E-state index contributed by atoms with van der Waals surface area (Å²) < 4.78 is 12.0. The summed E-state index contributed by atoms with van der Waals surface area (Å²) in [6, 6.07) is 23.6. The van der Waals surface area contributed by atoms with Crippen LogP contribution in [0.25, 0.3) is 0 Å². The van der Waals surface area contributed by atoms with E-state index >= 15 is 0 Å². The number of aryl methyl sites for hydroxylation is 1. The Kier molecular flexibility index (Phi) is 5.69. The highest BCUT2D eigenvalue weighted by molar-refractivity contribution is 5.96. The maximum absolute atomic E-state index is 11.9. The van der Waals surface area contributed by atoms with Gasteiger partial charge in [-0.3, -0.25) is 4.79 Å². The predicted molar refractivity (Wildman–Crippen MR) is 103 cm³/mol. The lowest BCUT2D eigenvalue weighted by atomic mass is 10.0. The van der Waals surface area contributed by atoms with Crippen LogP contribution in [0.2, 0.25) is 0 Å². The zero-order valence-electron chi connectivity index (χ0n) is 15.1. The zero-order chi connectivity index (χ0) is 18.4. The number of ketones is 1. The molecule has 0 fully saturated rings. The molecule has 0 N–H and O–H groups in total. The maximum Gasteiger partial charge on any atom is 0.162 e. The highest BCUT2D eigenvalue weighted by Gasteiger charge is 2.13. The summed E-state index contributed by atoms with van der Waals surface area (Å²) >= 11 is 0. The molecule has 0 atom stereocenters. The number of ether oxygens (including phenoxy) is 2. The number of benzene rings is 3. The van der Waals surface area contributed by atoms with Crippen molar-refractivity contribution >= 4 is 5.78 Å². The van der Waals surface area contributed by atoms with E-state index in [-0.39, 0.29) is 5.78 Å². The van der Waals surface area contributed by atoms with E-state index in [2.05, 4.69) is 0 Å². The lowest BCUT2D eigenvalue weighted by Gasteiger charge is -2.16. The van der Waals surface area contributed by atoms with E-state index in [4.69, 9.17) is 9.47 Å². The largest absolute Gasteiger partial charge is 0.485 e. The fourth-order valence-electron chi connectivity index (χ4n) is 2.74. The van der Waals surface area contributed by atoms with Crippen LogP contribution in [-0.4, -0.2) is 5.78 Å². The van der Waals surface area contributed by atoms with Crippen molar-refractivity contribution in [3.05, 3.63) is 95.1 Å². The molecule has 0 radical (unpaired) electrons. The van der Waals surface area contributed by atoms with Gasteiger partial charge in [0.15, 0.2) is 17.3 Å². The number of carbonyl (C=O) groups excluding carboxylic acids is 1. The Labute approximate surface area is 154 Å². The van der Waals surface area contributed by atoms with Crippen LogP contribution in [0.5, 0.6) is 11.5 Å². The molecule has 26 heavy (non-hydrogen) atoms. The summed E-state index contributed by atoms with van der Waals surface area (Å²) in [4.78, 5) is 11.9. The van der Waals surface area contributed by atoms with E-state index in [0.717, 1.165) is 16.7 Å². The van der Waals surface area contributed by atoms with Gasteiger partial charge in [0.05, 0.1) is 0 Å². The number of carbonyl (C=O) groups is 1. The highest BCUT2D eigenvalue weighted by atomic mass is 16.5. The summed E-state index contributed by atoms with van der Waals surface area (Å²) in [7, 11) is 0. The molecule has 0 spiro atoms. The molecule has 0 bridgehead atoms. The van der Waals surface area contributed by atoms with Gasteiger partial charge in [0, 0.05) is 5.56 Å². The monoisotopic (exact) mass is 346 g/mol. The topological polar surface area (TPSA) is 35.5 Å². The Hall–Kier alpha value is -3.07. The third kappa shape index (κ3) is 4.51. The van der Waals surface area contributed by atoms with Gasteiger partial charge in [-0.2, -0.15) is 0 Å². The minimum atomic E-state index is 0.0154. The maximum atomic E-state index is 11.9. The van der Waals surface area contributed by atoms with E-state index in [1.807, 2.05) is 73.7 Å². The van der Waals surface area contributed by atoms with Crippen LogP contribution in [0.4, 0.5) is 0 Å². The second-order valence-electron chi connectivity index (χ2n) is 6.22. The van der Waals surface area contributed by atoms with Gasteiger partial charge in [-0.15, -0.1) is 0 Å². The number of hydrogen-bond donors (Lipinski definition) is 0. The predicted octanol–water partition coefficient (Wildman–Crippen LogP) is 5.36. The molecule has 0 saturated carbocycles. The van der Waals surface area contributed by atoms with Crippen molar-refractivity contribution in [3.63, 3.8) is 0 Å². The number of hydrogen-bond acceptors (Lipinski definition) is 3. The molecule has 0 amide bonds. The normalized spacial score (nSPS) is 10.4. The fourth-order valence-corrected chi connectivity index (χ4v) is 2.74. The van der Waals surface area contributed by atoms with Gasteiger partial charge in [0.25, 0.3) is 0 Å². The van der Waals surface area contributed by atoms with Crippen LogP contribution in [-0.2, 0) is 13.2 Å². The molecule has 3 aromatic rings. The van der Waals surface area contributed by atoms with Crippen molar-refractivity contribution in [1.29, 1.82) is 0 Å². The second-order valence-corrected chi connectivity index (χ2v) is 6.22. The lowest BCUT2D eigenvalue weighted by Crippen LogP contribution is -2.04. The molecule has 0 unspecified atom stereocenters. The molecule has 3 aromatic carbocycles. The van der Waals surface area contributed by atoms with Crippen LogP contribution in [0.1, 0.15) is 34.0 Å². The zero-order valence-corrected chi connectivity index (χ0v) is 15.1. The van der Waals surface area contributed by atoms with Crippen molar-refractivity contribution < 1.29 is 14.3 Å². The summed E-state index contributed by atoms with van der Waals surface area (Å²) in [5.74, 6) is 1.24. The molecule has 0 aromatic heterocycles. The average Bonchev–Trinajstić information content (AvgIpc) is 2.67. The molecule has 0 aliphatic carbocycles. The van der Waals surface area contributed by atoms with E-state index in [9.17, 15) is 4.79 Å². The molecule has 3 rings (SSSR count). The molecule has 3 heteroatoms. The summed E-state index contributed by atoms with van der Waals surface area (Å²) in [6.07, 6.45) is 0. The molecule has 0 saturated heterocycles. The Morgan fingerprint density at radius 1 is 0.769 bits per heavy atom. The second kappa shape index (κ2) is 8.34. The molecular formula is C23H22O3. The van der Waals surface area contributed by atoms with Gasteiger partial charge >= 0.3 is 0 Å². The first-order valence-corrected chi connectivity index (χ1v) is 8.62. The highest BCUT2D eigenvalue weighted by Crippen LogP contribution is 2.32. The van der Waals surface area contributed by atoms with Crippen LogP contribution in [0.3, 0.4) is 0 Å². The van der Waals surface area contributed by atoms with Gasteiger partial charge in [-0.05, 0) is 42.7 Å². The Balaban J connectivity index is 1.83. The summed E-state index contributed by atoms with van der Waals surface area (Å²) in [5.41, 5.74) is 3.68. The third-order valence-electron chi connectivity index (χ3n) is 4.14. The van der Waals surface area contributed by atoms with Gasteiger partial charge in [-0.1, -0.05) is 60.7 Å². The number of Topliss-reactive ketones (excluding diaryl/α,β-unsaturated/α-hetero) is 1. The van der Waals surface area contributed by atoms with E-state index in [1.165, 1.54) is 0 Å². The molecule has 3 nitrogen and oxygen atoms in total. The van der Waals surface area contributed by atoms with Gasteiger partial charge in [0.1, 0.15) is 13.2 Å². The SMILES string of the molecule is CC(=O)c1cc(OCc2ccccc2)c(OCc2ccccc2)cc1C. The van der Waals surface area contributed by atoms with Gasteiger partial charge in [0.2, 0.25) is 0 Å². The minimum Gasteiger partial charge on any atom is -0.485 e. The molecular weight excluding hydrogens is 324 g/mol. The fraction of sp³-hybridized carbons (Fsp3) is 0.174. The van der Waals surface area contributed by atoms with Crippen LogP contribution in [0, 0.1) is 6.92 Å². The summed E-state index contributed by atoms with van der Waals surface area (Å²) in [6.45, 7) is 4.34. The van der Waals surface area contributed by atoms with E-state index in [1.54, 1.807) is 13.0 Å². The number of rotatable bonds is 7. The van der Waals surface area contributed by atoms with Crippen molar-refractivity contribution in [1.82, 2.24) is 0 Å². The first kappa shape index (κ1) is 17.7. The Morgan fingerprint density at radius 2 is 1.23 bits per heavy atom. The Morgan fingerprint density at radius 3 is 1.69 bits per heavy atom. The van der Waals surface area contributed by atoms with Crippen molar-refractivity contribution in [2.24, 2.45) is 0 Å². The first-order valence-electron chi connectivity index (χ1n) is 8.62. The van der Waals surface area contributed by atoms with Crippen LogP contribution in [0.15, 0.2) is 72.8 Å².